The van der Waals surface area contributed by atoms with Gasteiger partial charge in [0.15, 0.2) is 0 Å². The molecule has 0 fully saturated rings. The molecule has 1 unspecified atom stereocenters. The molecule has 1 aliphatic rings. The zero-order chi connectivity index (χ0) is 18.0. The Morgan fingerprint density at radius 1 is 1.28 bits per heavy atom. The van der Waals surface area contributed by atoms with E-state index >= 15 is 0 Å². The number of halogens is 1. The van der Waals surface area contributed by atoms with Gasteiger partial charge in [-0.2, -0.15) is 5.26 Å². The normalized spacial score (nSPS) is 18.5. The summed E-state index contributed by atoms with van der Waals surface area (Å²) in [5.41, 5.74) is 1.99. The van der Waals surface area contributed by atoms with E-state index in [2.05, 4.69) is 27.1 Å². The molecule has 0 aliphatic carbocycles. The van der Waals surface area contributed by atoms with Crippen LogP contribution in [0.4, 0.5) is 5.69 Å². The van der Waals surface area contributed by atoms with Gasteiger partial charge in [-0.05, 0) is 52.8 Å². The summed E-state index contributed by atoms with van der Waals surface area (Å²) in [7, 11) is -2.46. The first-order valence-corrected chi connectivity index (χ1v) is 9.86. The summed E-state index contributed by atoms with van der Waals surface area (Å²) in [6.07, 6.45) is 3.27. The number of rotatable bonds is 3. The molecule has 124 valence electrons. The maximum atomic E-state index is 12.4. The number of nitriles is 1. The number of carbonyl (C=O) groups excluding carboxylic acids is 1. The minimum Gasteiger partial charge on any atom is -0.321 e. The molecule has 4 nitrogen and oxygen atoms in total. The molecule has 3 rings (SSSR count). The SMILES string of the molecule is C=S1(=O)C=Cc2ccc(NC(=O)/C(C#N)=C/c3ccccc3Br)cc21. The summed E-state index contributed by atoms with van der Waals surface area (Å²) in [6, 6.07) is 14.3. The number of benzene rings is 2. The molecule has 0 saturated carbocycles. The van der Waals surface area contributed by atoms with Gasteiger partial charge in [0.1, 0.15) is 11.6 Å². The van der Waals surface area contributed by atoms with Crippen LogP contribution in [0.3, 0.4) is 0 Å². The molecule has 0 spiro atoms. The van der Waals surface area contributed by atoms with Crippen molar-refractivity contribution in [2.24, 2.45) is 0 Å². The molecule has 0 radical (unpaired) electrons. The molecule has 1 heterocycles. The molecule has 1 atom stereocenters. The van der Waals surface area contributed by atoms with E-state index in [9.17, 15) is 14.3 Å². The lowest BCUT2D eigenvalue weighted by Crippen LogP contribution is -2.13. The average Bonchev–Trinajstić information content (AvgIpc) is 2.89. The topological polar surface area (TPSA) is 70.0 Å². The molecule has 0 bridgehead atoms. The van der Waals surface area contributed by atoms with Crippen LogP contribution in [0.25, 0.3) is 12.2 Å². The van der Waals surface area contributed by atoms with E-state index in [0.717, 1.165) is 15.6 Å². The minimum absolute atomic E-state index is 0.0270. The Hall–Kier alpha value is -2.62. The maximum absolute atomic E-state index is 12.4. The Bertz CT molecular complexity index is 1080. The fourth-order valence-electron chi connectivity index (χ4n) is 2.40. The molecule has 25 heavy (non-hydrogen) atoms. The van der Waals surface area contributed by atoms with Gasteiger partial charge in [0.25, 0.3) is 5.91 Å². The molecule has 2 aromatic rings. The number of fused-ring (bicyclic) bond motifs is 1. The first-order chi connectivity index (χ1) is 11.9. The van der Waals surface area contributed by atoms with Crippen molar-refractivity contribution in [2.45, 2.75) is 4.90 Å². The monoisotopic (exact) mass is 412 g/mol. The summed E-state index contributed by atoms with van der Waals surface area (Å²) in [5.74, 6) is 3.18. The molecule has 0 saturated heterocycles. The van der Waals surface area contributed by atoms with Gasteiger partial charge < -0.3 is 5.32 Å². The van der Waals surface area contributed by atoms with E-state index in [1.807, 2.05) is 24.3 Å². The third-order valence-corrected chi connectivity index (χ3v) is 6.08. The fraction of sp³-hybridized carbons (Fsp3) is 0. The third kappa shape index (κ3) is 3.58. The highest BCUT2D eigenvalue weighted by atomic mass is 79.9. The van der Waals surface area contributed by atoms with Gasteiger partial charge in [-0.25, -0.2) is 0 Å². The summed E-state index contributed by atoms with van der Waals surface area (Å²) < 4.78 is 13.1. The second-order valence-corrected chi connectivity index (χ2v) is 8.45. The molecule has 2 aromatic carbocycles. The predicted molar refractivity (Wildman–Crippen MR) is 105 cm³/mol. The number of hydrogen-bond acceptors (Lipinski definition) is 3. The molecule has 6 heteroatoms. The van der Waals surface area contributed by atoms with Crippen LogP contribution < -0.4 is 5.32 Å². The van der Waals surface area contributed by atoms with Gasteiger partial charge >= 0.3 is 0 Å². The van der Waals surface area contributed by atoms with Crippen LogP contribution in [-0.2, 0) is 14.3 Å². The predicted octanol–water partition coefficient (Wildman–Crippen LogP) is 4.05. The largest absolute Gasteiger partial charge is 0.321 e. The zero-order valence-electron chi connectivity index (χ0n) is 13.0. The summed E-state index contributed by atoms with van der Waals surface area (Å²) in [4.78, 5) is 13.0. The first-order valence-electron chi connectivity index (χ1n) is 7.28. The van der Waals surface area contributed by atoms with Gasteiger partial charge in [-0.3, -0.25) is 9.00 Å². The van der Waals surface area contributed by atoms with Crippen molar-refractivity contribution in [1.29, 1.82) is 5.26 Å². The van der Waals surface area contributed by atoms with Crippen LogP contribution in [0, 0.1) is 11.3 Å². The molecule has 1 N–H and O–H groups in total. The van der Waals surface area contributed by atoms with Crippen LogP contribution in [0.5, 0.6) is 0 Å². The highest BCUT2D eigenvalue weighted by Crippen LogP contribution is 2.29. The van der Waals surface area contributed by atoms with Gasteiger partial charge in [0.2, 0.25) is 0 Å². The number of nitrogens with zero attached hydrogens (tertiary/aromatic N) is 1. The Morgan fingerprint density at radius 2 is 2.04 bits per heavy atom. The fourth-order valence-corrected chi connectivity index (χ4v) is 4.17. The Morgan fingerprint density at radius 3 is 2.76 bits per heavy atom. The van der Waals surface area contributed by atoms with Crippen molar-refractivity contribution in [3.05, 3.63) is 69.0 Å². The number of nitrogens with one attached hydrogen (secondary N) is 1. The van der Waals surface area contributed by atoms with Crippen molar-refractivity contribution in [3.63, 3.8) is 0 Å². The smallest absolute Gasteiger partial charge is 0.266 e. The van der Waals surface area contributed by atoms with Crippen LogP contribution in [0.15, 0.2) is 62.8 Å². The average molecular weight is 413 g/mol. The standard InChI is InChI=1S/C19H13BrN2O2S/c1-25(24)9-8-13-6-7-16(11-18(13)25)22-19(23)15(12-21)10-14-4-2-3-5-17(14)20/h2-11H,1H2,(H,22,23)/b15-10+. The Balaban J connectivity index is 1.88. The second kappa shape index (κ2) is 6.71. The van der Waals surface area contributed by atoms with E-state index in [4.69, 9.17) is 0 Å². The molecule has 1 aliphatic heterocycles. The lowest BCUT2D eigenvalue weighted by Gasteiger charge is -2.08. The quantitative estimate of drug-likeness (QED) is 0.469. The van der Waals surface area contributed by atoms with Gasteiger partial charge in [0, 0.05) is 24.6 Å². The lowest BCUT2D eigenvalue weighted by molar-refractivity contribution is -0.112. The van der Waals surface area contributed by atoms with E-state index in [1.54, 1.807) is 35.7 Å². The highest BCUT2D eigenvalue weighted by Gasteiger charge is 2.17. The number of hydrogen-bond donors (Lipinski definition) is 1. The first kappa shape index (κ1) is 17.2. The van der Waals surface area contributed by atoms with Crippen molar-refractivity contribution in [3.8, 4) is 6.07 Å². The van der Waals surface area contributed by atoms with Gasteiger partial charge in [-0.15, -0.1) is 0 Å². The van der Waals surface area contributed by atoms with Crippen molar-refractivity contribution < 1.29 is 9.00 Å². The highest BCUT2D eigenvalue weighted by molar-refractivity contribution is 9.10. The van der Waals surface area contributed by atoms with Crippen LogP contribution in [0.1, 0.15) is 11.1 Å². The molecule has 0 aromatic heterocycles. The van der Waals surface area contributed by atoms with Crippen molar-refractivity contribution >= 4 is 55.1 Å². The molecular formula is C19H13BrN2O2S. The summed E-state index contributed by atoms with van der Waals surface area (Å²) in [6.45, 7) is 0. The van der Waals surface area contributed by atoms with E-state index in [1.165, 1.54) is 6.08 Å². The molecular weight excluding hydrogens is 400 g/mol. The van der Waals surface area contributed by atoms with Crippen LogP contribution in [0.2, 0.25) is 0 Å². The second-order valence-electron chi connectivity index (χ2n) is 5.43. The summed E-state index contributed by atoms with van der Waals surface area (Å²) >= 11 is 3.38. The van der Waals surface area contributed by atoms with Crippen molar-refractivity contribution in [1.82, 2.24) is 0 Å². The Kier molecular flexibility index (Phi) is 4.62. The molecule has 1 amide bonds. The zero-order valence-corrected chi connectivity index (χ0v) is 15.4. The minimum atomic E-state index is -2.46. The van der Waals surface area contributed by atoms with Gasteiger partial charge in [0.05, 0.1) is 0 Å². The van der Waals surface area contributed by atoms with E-state index in [-0.39, 0.29) is 5.57 Å². The van der Waals surface area contributed by atoms with E-state index < -0.39 is 15.4 Å². The van der Waals surface area contributed by atoms with Crippen molar-refractivity contribution in [2.75, 3.05) is 5.32 Å². The van der Waals surface area contributed by atoms with E-state index in [0.29, 0.717) is 10.6 Å². The van der Waals surface area contributed by atoms with Crippen LogP contribution in [-0.4, -0.2) is 16.0 Å². The third-order valence-electron chi connectivity index (χ3n) is 3.68. The maximum Gasteiger partial charge on any atom is 0.266 e. The number of anilines is 1. The number of carbonyl (C=O) groups is 1. The Labute approximate surface area is 154 Å². The van der Waals surface area contributed by atoms with Crippen LogP contribution >= 0.6 is 15.9 Å². The summed E-state index contributed by atoms with van der Waals surface area (Å²) in [5, 5.41) is 13.5. The number of amides is 1. The van der Waals surface area contributed by atoms with Gasteiger partial charge in [-0.1, -0.05) is 40.2 Å². The lowest BCUT2D eigenvalue weighted by atomic mass is 10.1.